The third-order valence-electron chi connectivity index (χ3n) is 2.73. The van der Waals surface area contributed by atoms with E-state index in [4.69, 9.17) is 10.6 Å². The van der Waals surface area contributed by atoms with Crippen LogP contribution in [0.25, 0.3) is 0 Å². The molecular weight excluding hydrogens is 220 g/mol. The third-order valence-corrected chi connectivity index (χ3v) is 2.73. The van der Waals surface area contributed by atoms with Crippen molar-refractivity contribution in [3.8, 4) is 0 Å². The molecule has 1 aliphatic heterocycles. The molecule has 0 aromatic carbocycles. The van der Waals surface area contributed by atoms with Gasteiger partial charge >= 0.3 is 0 Å². The largest absolute Gasteiger partial charge is 0.381 e. The number of carbonyl (C=O) groups is 1. The number of rotatable bonds is 3. The van der Waals surface area contributed by atoms with Gasteiger partial charge in [0.15, 0.2) is 0 Å². The number of hydrazine groups is 1. The Balaban J connectivity index is 1.98. The van der Waals surface area contributed by atoms with E-state index in [0.717, 1.165) is 12.8 Å². The van der Waals surface area contributed by atoms with Gasteiger partial charge in [-0.2, -0.15) is 0 Å². The molecule has 0 radical (unpaired) electrons. The summed E-state index contributed by atoms with van der Waals surface area (Å²) in [4.78, 5) is 15.9. The summed E-state index contributed by atoms with van der Waals surface area (Å²) >= 11 is 0. The van der Waals surface area contributed by atoms with Crippen LogP contribution >= 0.6 is 0 Å². The zero-order chi connectivity index (χ0) is 12.1. The Hall–Kier alpha value is -1.66. The molecule has 0 spiro atoms. The van der Waals surface area contributed by atoms with Gasteiger partial charge in [0, 0.05) is 31.0 Å². The number of nitrogens with one attached hydrogen (secondary N) is 2. The van der Waals surface area contributed by atoms with Crippen LogP contribution in [0.5, 0.6) is 0 Å². The molecule has 2 rings (SSSR count). The minimum atomic E-state index is -0.101. The van der Waals surface area contributed by atoms with E-state index in [0.29, 0.717) is 24.6 Å². The first-order valence-corrected chi connectivity index (χ1v) is 5.61. The molecule has 1 fully saturated rings. The number of hydrogen-bond donors (Lipinski definition) is 3. The fourth-order valence-electron chi connectivity index (χ4n) is 1.76. The first-order chi connectivity index (χ1) is 8.29. The average Bonchev–Trinajstić information content (AvgIpc) is 2.40. The zero-order valence-electron chi connectivity index (χ0n) is 9.48. The van der Waals surface area contributed by atoms with E-state index in [9.17, 15) is 4.79 Å². The fourth-order valence-corrected chi connectivity index (χ4v) is 1.76. The number of nitrogens with zero attached hydrogens (tertiary/aromatic N) is 1. The molecule has 2 heterocycles. The van der Waals surface area contributed by atoms with E-state index < -0.39 is 0 Å². The molecule has 1 aliphatic rings. The molecule has 1 saturated heterocycles. The number of anilines is 1. The van der Waals surface area contributed by atoms with Gasteiger partial charge < -0.3 is 15.5 Å². The van der Waals surface area contributed by atoms with Crippen molar-refractivity contribution in [2.24, 2.45) is 5.84 Å². The van der Waals surface area contributed by atoms with E-state index in [1.54, 1.807) is 18.3 Å². The monoisotopic (exact) mass is 236 g/mol. The number of aromatic nitrogens is 1. The molecule has 1 aromatic rings. The van der Waals surface area contributed by atoms with Gasteiger partial charge in [0.2, 0.25) is 0 Å². The Morgan fingerprint density at radius 1 is 1.47 bits per heavy atom. The van der Waals surface area contributed by atoms with Crippen LogP contribution in [-0.2, 0) is 4.74 Å². The smallest absolute Gasteiger partial charge is 0.251 e. The Labute approximate surface area is 99.5 Å². The molecule has 4 N–H and O–H groups in total. The Morgan fingerprint density at radius 2 is 2.24 bits per heavy atom. The maximum absolute atomic E-state index is 11.9. The van der Waals surface area contributed by atoms with Crippen LogP contribution in [0.1, 0.15) is 23.2 Å². The lowest BCUT2D eigenvalue weighted by atomic mass is 10.1. The molecule has 0 unspecified atom stereocenters. The van der Waals surface area contributed by atoms with Crippen molar-refractivity contribution >= 4 is 11.7 Å². The normalized spacial score (nSPS) is 16.5. The van der Waals surface area contributed by atoms with Gasteiger partial charge in [-0.3, -0.25) is 4.79 Å². The maximum atomic E-state index is 11.9. The van der Waals surface area contributed by atoms with Crippen LogP contribution in [0.2, 0.25) is 0 Å². The van der Waals surface area contributed by atoms with E-state index in [-0.39, 0.29) is 11.9 Å². The standard InChI is InChI=1S/C11H16N4O2/c12-15-10-7-8(1-4-13-10)11(16)14-9-2-5-17-6-3-9/h1,4,7,9H,2-3,5-6,12H2,(H,13,15)(H,14,16). The molecule has 1 amide bonds. The van der Waals surface area contributed by atoms with Gasteiger partial charge in [0.1, 0.15) is 5.82 Å². The van der Waals surface area contributed by atoms with Crippen LogP contribution in [0.15, 0.2) is 18.3 Å². The second-order valence-electron chi connectivity index (χ2n) is 3.93. The number of carbonyl (C=O) groups excluding carboxylic acids is 1. The summed E-state index contributed by atoms with van der Waals surface area (Å²) in [6, 6.07) is 3.48. The lowest BCUT2D eigenvalue weighted by molar-refractivity contribution is 0.0696. The predicted octanol–water partition coefficient (Wildman–Crippen LogP) is 0.276. The minimum absolute atomic E-state index is 0.101. The molecule has 6 nitrogen and oxygen atoms in total. The van der Waals surface area contributed by atoms with Crippen molar-refractivity contribution in [3.05, 3.63) is 23.9 Å². The first-order valence-electron chi connectivity index (χ1n) is 5.61. The van der Waals surface area contributed by atoms with E-state index in [1.807, 2.05) is 0 Å². The molecular formula is C11H16N4O2. The summed E-state index contributed by atoms with van der Waals surface area (Å²) in [6.45, 7) is 1.41. The lowest BCUT2D eigenvalue weighted by Gasteiger charge is -2.23. The molecule has 17 heavy (non-hydrogen) atoms. The third kappa shape index (κ3) is 3.15. The Morgan fingerprint density at radius 3 is 2.94 bits per heavy atom. The van der Waals surface area contributed by atoms with Crippen molar-refractivity contribution in [2.45, 2.75) is 18.9 Å². The molecule has 0 aliphatic carbocycles. The van der Waals surface area contributed by atoms with Crippen molar-refractivity contribution in [1.82, 2.24) is 10.3 Å². The number of nitrogen functional groups attached to an aromatic ring is 1. The summed E-state index contributed by atoms with van der Waals surface area (Å²) in [5.74, 6) is 5.62. The lowest BCUT2D eigenvalue weighted by Crippen LogP contribution is -2.38. The highest BCUT2D eigenvalue weighted by atomic mass is 16.5. The number of amides is 1. The number of hydrogen-bond acceptors (Lipinski definition) is 5. The van der Waals surface area contributed by atoms with Gasteiger partial charge in [0.05, 0.1) is 0 Å². The summed E-state index contributed by atoms with van der Waals surface area (Å²) < 4.78 is 5.24. The van der Waals surface area contributed by atoms with E-state index >= 15 is 0 Å². The number of nitrogens with two attached hydrogens (primary N) is 1. The Bertz CT molecular complexity index is 391. The molecule has 1 aromatic heterocycles. The summed E-state index contributed by atoms with van der Waals surface area (Å²) in [5.41, 5.74) is 2.97. The van der Waals surface area contributed by atoms with Crippen LogP contribution in [-0.4, -0.2) is 30.1 Å². The predicted molar refractivity (Wildman–Crippen MR) is 63.4 cm³/mol. The summed E-state index contributed by atoms with van der Waals surface area (Å²) in [7, 11) is 0. The van der Waals surface area contributed by atoms with Gasteiger partial charge in [-0.25, -0.2) is 10.8 Å². The van der Waals surface area contributed by atoms with Crippen molar-refractivity contribution in [1.29, 1.82) is 0 Å². The second kappa shape index (κ2) is 5.60. The minimum Gasteiger partial charge on any atom is -0.381 e. The molecule has 0 saturated carbocycles. The van der Waals surface area contributed by atoms with Gasteiger partial charge in [-0.1, -0.05) is 0 Å². The number of ether oxygens (including phenoxy) is 1. The van der Waals surface area contributed by atoms with Gasteiger partial charge in [-0.15, -0.1) is 0 Å². The number of pyridine rings is 1. The molecule has 6 heteroatoms. The van der Waals surface area contributed by atoms with Crippen LogP contribution in [0.3, 0.4) is 0 Å². The fraction of sp³-hybridized carbons (Fsp3) is 0.455. The van der Waals surface area contributed by atoms with E-state index in [1.165, 1.54) is 0 Å². The highest BCUT2D eigenvalue weighted by Gasteiger charge is 2.17. The summed E-state index contributed by atoms with van der Waals surface area (Å²) in [5, 5.41) is 2.97. The quantitative estimate of drug-likeness (QED) is 0.518. The first kappa shape index (κ1) is 11.8. The summed E-state index contributed by atoms with van der Waals surface area (Å²) in [6.07, 6.45) is 3.27. The Kier molecular flexibility index (Phi) is 3.89. The van der Waals surface area contributed by atoms with Gasteiger partial charge in [-0.05, 0) is 25.0 Å². The van der Waals surface area contributed by atoms with Crippen molar-refractivity contribution in [3.63, 3.8) is 0 Å². The van der Waals surface area contributed by atoms with Crippen LogP contribution < -0.4 is 16.6 Å². The average molecular weight is 236 g/mol. The van der Waals surface area contributed by atoms with E-state index in [2.05, 4.69) is 15.7 Å². The highest BCUT2D eigenvalue weighted by Crippen LogP contribution is 2.09. The van der Waals surface area contributed by atoms with Crippen LogP contribution in [0.4, 0.5) is 5.82 Å². The maximum Gasteiger partial charge on any atom is 0.251 e. The van der Waals surface area contributed by atoms with Gasteiger partial charge in [0.25, 0.3) is 5.91 Å². The van der Waals surface area contributed by atoms with Crippen molar-refractivity contribution in [2.75, 3.05) is 18.6 Å². The topological polar surface area (TPSA) is 89.3 Å². The van der Waals surface area contributed by atoms with Crippen molar-refractivity contribution < 1.29 is 9.53 Å². The second-order valence-corrected chi connectivity index (χ2v) is 3.93. The molecule has 92 valence electrons. The molecule has 0 bridgehead atoms. The highest BCUT2D eigenvalue weighted by molar-refractivity contribution is 5.94. The zero-order valence-corrected chi connectivity index (χ0v) is 9.48. The SMILES string of the molecule is NNc1cc(C(=O)NC2CCOCC2)ccn1. The van der Waals surface area contributed by atoms with Crippen LogP contribution in [0, 0.1) is 0 Å². The molecule has 0 atom stereocenters.